The summed E-state index contributed by atoms with van der Waals surface area (Å²) >= 11 is 1.91. The molecule has 45 heavy (non-hydrogen) atoms. The molecule has 8 rings (SSSR count). The number of hydrogen-bond acceptors (Lipinski definition) is 3. The van der Waals surface area contributed by atoms with Crippen molar-refractivity contribution in [3.05, 3.63) is 149 Å². The molecule has 1 aliphatic rings. The third-order valence-corrected chi connectivity index (χ3v) is 9.91. The molecule has 1 aliphatic carbocycles. The molecule has 0 aliphatic heterocycles. The SMILES string of the molecule is Cc1cc(C)c(-c2cc(-c3ccc(-c4ccccc4)cc3)nc(-c3ccccc3)n2)c(-c2cccc3sc4c(c23)CCC=C4)c1. The van der Waals surface area contributed by atoms with Crippen LogP contribution in [0.15, 0.2) is 127 Å². The van der Waals surface area contributed by atoms with Crippen molar-refractivity contribution < 1.29 is 0 Å². The lowest BCUT2D eigenvalue weighted by Gasteiger charge is -2.18. The Labute approximate surface area is 268 Å². The fourth-order valence-electron chi connectivity index (χ4n) is 6.68. The predicted octanol–water partition coefficient (Wildman–Crippen LogP) is 11.6. The molecule has 0 saturated carbocycles. The van der Waals surface area contributed by atoms with E-state index < -0.39 is 0 Å². The molecular formula is C42H32N2S. The van der Waals surface area contributed by atoms with Crippen molar-refractivity contribution in [1.29, 1.82) is 0 Å². The normalized spacial score (nSPS) is 12.4. The molecule has 0 amide bonds. The Hall–Kier alpha value is -5.12. The Balaban J connectivity index is 1.35. The van der Waals surface area contributed by atoms with Gasteiger partial charge < -0.3 is 0 Å². The second-order valence-corrected chi connectivity index (χ2v) is 12.9. The summed E-state index contributed by atoms with van der Waals surface area (Å²) in [6, 6.07) is 43.2. The van der Waals surface area contributed by atoms with Gasteiger partial charge in [0, 0.05) is 31.7 Å². The van der Waals surface area contributed by atoms with Crippen LogP contribution >= 0.6 is 11.3 Å². The van der Waals surface area contributed by atoms with Crippen molar-refractivity contribution in [3.8, 4) is 56.2 Å². The molecule has 0 atom stereocenters. The maximum absolute atomic E-state index is 5.28. The number of aromatic nitrogens is 2. The predicted molar refractivity (Wildman–Crippen MR) is 191 cm³/mol. The second kappa shape index (κ2) is 11.4. The molecule has 3 heteroatoms. The summed E-state index contributed by atoms with van der Waals surface area (Å²) in [5.74, 6) is 0.734. The van der Waals surface area contributed by atoms with Crippen LogP contribution in [0.4, 0.5) is 0 Å². The minimum absolute atomic E-state index is 0.734. The zero-order chi connectivity index (χ0) is 30.3. The molecule has 0 spiro atoms. The molecule has 216 valence electrons. The fraction of sp³-hybridized carbons (Fsp3) is 0.0952. The van der Waals surface area contributed by atoms with Crippen LogP contribution in [0.5, 0.6) is 0 Å². The first-order valence-electron chi connectivity index (χ1n) is 15.6. The molecule has 2 aromatic heterocycles. The maximum Gasteiger partial charge on any atom is 0.160 e. The Kier molecular flexibility index (Phi) is 6.96. The van der Waals surface area contributed by atoms with Gasteiger partial charge in [-0.2, -0.15) is 0 Å². The average molecular weight is 597 g/mol. The summed E-state index contributed by atoms with van der Waals surface area (Å²) in [7, 11) is 0. The van der Waals surface area contributed by atoms with E-state index in [-0.39, 0.29) is 0 Å². The van der Waals surface area contributed by atoms with E-state index in [2.05, 4.69) is 141 Å². The Bertz CT molecular complexity index is 2210. The lowest BCUT2D eigenvalue weighted by atomic mass is 9.88. The van der Waals surface area contributed by atoms with Gasteiger partial charge in [0.2, 0.25) is 0 Å². The number of aryl methyl sites for hydroxylation is 3. The van der Waals surface area contributed by atoms with Crippen LogP contribution in [-0.4, -0.2) is 9.97 Å². The van der Waals surface area contributed by atoms with Crippen LogP contribution in [0.25, 0.3) is 72.3 Å². The highest BCUT2D eigenvalue weighted by Gasteiger charge is 2.21. The lowest BCUT2D eigenvalue weighted by molar-refractivity contribution is 1.01. The lowest BCUT2D eigenvalue weighted by Crippen LogP contribution is -1.99. The second-order valence-electron chi connectivity index (χ2n) is 11.8. The van der Waals surface area contributed by atoms with E-state index in [4.69, 9.17) is 9.97 Å². The number of benzene rings is 5. The topological polar surface area (TPSA) is 25.8 Å². The molecule has 0 unspecified atom stereocenters. The van der Waals surface area contributed by atoms with Crippen molar-refractivity contribution in [2.45, 2.75) is 26.7 Å². The molecule has 0 bridgehead atoms. The van der Waals surface area contributed by atoms with Gasteiger partial charge in [0.05, 0.1) is 11.4 Å². The van der Waals surface area contributed by atoms with Crippen molar-refractivity contribution in [1.82, 2.24) is 9.97 Å². The first-order chi connectivity index (χ1) is 22.1. The van der Waals surface area contributed by atoms with Gasteiger partial charge in [0.1, 0.15) is 0 Å². The third kappa shape index (κ3) is 5.09. The van der Waals surface area contributed by atoms with Crippen LogP contribution < -0.4 is 0 Å². The van der Waals surface area contributed by atoms with Gasteiger partial charge in [-0.15, -0.1) is 11.3 Å². The van der Waals surface area contributed by atoms with Crippen molar-refractivity contribution in [2.75, 3.05) is 0 Å². The highest BCUT2D eigenvalue weighted by molar-refractivity contribution is 7.20. The van der Waals surface area contributed by atoms with Crippen LogP contribution in [0.2, 0.25) is 0 Å². The maximum atomic E-state index is 5.28. The van der Waals surface area contributed by atoms with Gasteiger partial charge in [-0.1, -0.05) is 121 Å². The third-order valence-electron chi connectivity index (χ3n) is 8.75. The van der Waals surface area contributed by atoms with Gasteiger partial charge in [-0.3, -0.25) is 0 Å². The van der Waals surface area contributed by atoms with E-state index in [0.717, 1.165) is 41.2 Å². The summed E-state index contributed by atoms with van der Waals surface area (Å²) in [5.41, 5.74) is 14.0. The first-order valence-corrected chi connectivity index (χ1v) is 16.4. The molecule has 0 radical (unpaired) electrons. The minimum atomic E-state index is 0.734. The van der Waals surface area contributed by atoms with Gasteiger partial charge in [0.25, 0.3) is 0 Å². The summed E-state index contributed by atoms with van der Waals surface area (Å²) in [5, 5.41) is 1.39. The number of thiophene rings is 1. The number of rotatable bonds is 5. The van der Waals surface area contributed by atoms with E-state index in [1.54, 1.807) is 0 Å². The summed E-state index contributed by atoms with van der Waals surface area (Å²) in [6.45, 7) is 4.41. The van der Waals surface area contributed by atoms with Gasteiger partial charge >= 0.3 is 0 Å². The quantitative estimate of drug-likeness (QED) is 0.197. The molecule has 0 saturated heterocycles. The van der Waals surface area contributed by atoms with E-state index in [0.29, 0.717) is 0 Å². The highest BCUT2D eigenvalue weighted by Crippen LogP contribution is 2.45. The van der Waals surface area contributed by atoms with E-state index in [1.165, 1.54) is 59.5 Å². The fourth-order valence-corrected chi connectivity index (χ4v) is 7.89. The van der Waals surface area contributed by atoms with Crippen LogP contribution in [0, 0.1) is 13.8 Å². The highest BCUT2D eigenvalue weighted by atomic mass is 32.1. The van der Waals surface area contributed by atoms with E-state index in [9.17, 15) is 0 Å². The van der Waals surface area contributed by atoms with Crippen molar-refractivity contribution in [3.63, 3.8) is 0 Å². The molecule has 7 aromatic rings. The Morgan fingerprint density at radius 1 is 0.600 bits per heavy atom. The van der Waals surface area contributed by atoms with E-state index >= 15 is 0 Å². The van der Waals surface area contributed by atoms with Crippen LogP contribution in [0.3, 0.4) is 0 Å². The van der Waals surface area contributed by atoms with E-state index in [1.807, 2.05) is 17.4 Å². The summed E-state index contributed by atoms with van der Waals surface area (Å²) < 4.78 is 1.35. The zero-order valence-electron chi connectivity index (χ0n) is 25.4. The number of hydrogen-bond donors (Lipinski definition) is 0. The average Bonchev–Trinajstić information content (AvgIpc) is 3.48. The monoisotopic (exact) mass is 596 g/mol. The smallest absolute Gasteiger partial charge is 0.160 e. The number of nitrogens with zero attached hydrogens (tertiary/aromatic N) is 2. The van der Waals surface area contributed by atoms with Crippen molar-refractivity contribution >= 4 is 27.5 Å². The van der Waals surface area contributed by atoms with Crippen LogP contribution in [0.1, 0.15) is 28.0 Å². The Morgan fingerprint density at radius 2 is 1.29 bits per heavy atom. The standard InChI is InChI=1S/C42H32N2S/c1-27-24-28(2)40(35(25-27)33-17-11-19-39-41(33)34-16-9-10-18-38(34)45-39)37-26-36(43-42(44-37)32-14-7-4-8-15-32)31-22-20-30(21-23-31)29-12-5-3-6-13-29/h3-8,10-15,17-26H,9,16H2,1-2H3. The number of allylic oxidation sites excluding steroid dienone is 1. The number of fused-ring (bicyclic) bond motifs is 3. The van der Waals surface area contributed by atoms with Crippen LogP contribution in [-0.2, 0) is 6.42 Å². The largest absolute Gasteiger partial charge is 0.228 e. The molecule has 2 nitrogen and oxygen atoms in total. The minimum Gasteiger partial charge on any atom is -0.228 e. The first kappa shape index (κ1) is 27.4. The van der Waals surface area contributed by atoms with Crippen molar-refractivity contribution in [2.24, 2.45) is 0 Å². The molecular weight excluding hydrogens is 565 g/mol. The van der Waals surface area contributed by atoms with Gasteiger partial charge in [0.15, 0.2) is 5.82 Å². The Morgan fingerprint density at radius 3 is 2.07 bits per heavy atom. The summed E-state index contributed by atoms with van der Waals surface area (Å²) in [6.07, 6.45) is 6.78. The summed E-state index contributed by atoms with van der Waals surface area (Å²) in [4.78, 5) is 11.8. The molecule has 0 fully saturated rings. The van der Waals surface area contributed by atoms with Gasteiger partial charge in [-0.25, -0.2) is 9.97 Å². The molecule has 2 heterocycles. The molecule has 0 N–H and O–H groups in total. The zero-order valence-corrected chi connectivity index (χ0v) is 26.2. The van der Waals surface area contributed by atoms with Gasteiger partial charge in [-0.05, 0) is 78.3 Å². The molecule has 5 aromatic carbocycles.